The van der Waals surface area contributed by atoms with Crippen LogP contribution in [-0.4, -0.2) is 24.0 Å². The molecular weight excluding hydrogens is 541 g/mol. The molecule has 3 aromatic carbocycles. The lowest BCUT2D eigenvalue weighted by atomic mass is 10.2. The summed E-state index contributed by atoms with van der Waals surface area (Å²) in [5.74, 6) is -1.31. The van der Waals surface area contributed by atoms with E-state index in [-0.39, 0.29) is 22.1 Å². The van der Waals surface area contributed by atoms with Crippen molar-refractivity contribution in [1.82, 2.24) is 5.43 Å². The quantitative estimate of drug-likeness (QED) is 0.117. The van der Waals surface area contributed by atoms with Crippen LogP contribution < -0.4 is 15.5 Å². The maximum Gasteiger partial charge on any atom is 0.345 e. The monoisotopic (exact) mass is 555 g/mol. The van der Waals surface area contributed by atoms with Crippen molar-refractivity contribution in [1.29, 1.82) is 0 Å². The molecule has 0 unspecified atom stereocenters. The standard InChI is InChI=1S/C26H16Cl3N3O5/c27-17-6-10-22(37-26(35)20-9-5-18(28)13-21(20)29)16(12-17)14-30-32-24(33)15-3-7-19(8-4-15)31-25(34)23-2-1-11-36-23/h1-14H,(H,31,34)(H,32,33)/b30-14+. The molecule has 1 aromatic heterocycles. The number of ether oxygens (including phenoxy) is 1. The first kappa shape index (κ1) is 26.0. The molecule has 8 nitrogen and oxygen atoms in total. The number of benzene rings is 3. The molecule has 4 rings (SSSR count). The van der Waals surface area contributed by atoms with E-state index in [9.17, 15) is 14.4 Å². The second-order valence-corrected chi connectivity index (χ2v) is 8.68. The van der Waals surface area contributed by atoms with Gasteiger partial charge in [-0.1, -0.05) is 34.8 Å². The Morgan fingerprint density at radius 1 is 0.865 bits per heavy atom. The summed E-state index contributed by atoms with van der Waals surface area (Å²) in [5.41, 5.74) is 3.62. The predicted octanol–water partition coefficient (Wildman–Crippen LogP) is 6.48. The zero-order valence-corrected chi connectivity index (χ0v) is 21.0. The normalized spacial score (nSPS) is 10.8. The van der Waals surface area contributed by atoms with E-state index < -0.39 is 17.8 Å². The van der Waals surface area contributed by atoms with E-state index >= 15 is 0 Å². The Kier molecular flexibility index (Phi) is 8.25. The van der Waals surface area contributed by atoms with Crippen molar-refractivity contribution in [2.45, 2.75) is 0 Å². The number of hydrogen-bond donors (Lipinski definition) is 2. The zero-order valence-electron chi connectivity index (χ0n) is 18.7. The van der Waals surface area contributed by atoms with Gasteiger partial charge < -0.3 is 14.5 Å². The van der Waals surface area contributed by atoms with Gasteiger partial charge in [0, 0.05) is 26.9 Å². The van der Waals surface area contributed by atoms with Crippen LogP contribution in [0.4, 0.5) is 5.69 Å². The number of halogens is 3. The van der Waals surface area contributed by atoms with E-state index in [1.54, 1.807) is 18.2 Å². The van der Waals surface area contributed by atoms with Gasteiger partial charge in [-0.3, -0.25) is 9.59 Å². The van der Waals surface area contributed by atoms with E-state index in [0.29, 0.717) is 26.9 Å². The molecule has 37 heavy (non-hydrogen) atoms. The Hall–Kier alpha value is -4.11. The van der Waals surface area contributed by atoms with Gasteiger partial charge in [0.25, 0.3) is 11.8 Å². The maximum atomic E-state index is 12.6. The fourth-order valence-corrected chi connectivity index (χ4v) is 3.72. The lowest BCUT2D eigenvalue weighted by molar-refractivity contribution is 0.0734. The number of hydrogen-bond acceptors (Lipinski definition) is 6. The molecule has 1 heterocycles. The Bertz CT molecular complexity index is 1490. The number of carbonyl (C=O) groups is 3. The van der Waals surface area contributed by atoms with Crippen LogP contribution in [0, 0.1) is 0 Å². The molecule has 0 bridgehead atoms. The van der Waals surface area contributed by atoms with Crippen molar-refractivity contribution < 1.29 is 23.5 Å². The third-order valence-electron chi connectivity index (χ3n) is 4.85. The molecule has 2 N–H and O–H groups in total. The smallest absolute Gasteiger partial charge is 0.345 e. The van der Waals surface area contributed by atoms with E-state index in [0.717, 1.165) is 0 Å². The van der Waals surface area contributed by atoms with Gasteiger partial charge in [-0.15, -0.1) is 0 Å². The highest BCUT2D eigenvalue weighted by Crippen LogP contribution is 2.26. The second kappa shape index (κ2) is 11.7. The van der Waals surface area contributed by atoms with Crippen LogP contribution in [0.1, 0.15) is 36.8 Å². The summed E-state index contributed by atoms with van der Waals surface area (Å²) in [5, 5.41) is 7.47. The number of rotatable bonds is 7. The number of anilines is 1. The van der Waals surface area contributed by atoms with Gasteiger partial charge in [-0.2, -0.15) is 5.10 Å². The number of esters is 1. The maximum absolute atomic E-state index is 12.6. The van der Waals surface area contributed by atoms with E-state index in [4.69, 9.17) is 44.0 Å². The molecule has 0 atom stereocenters. The largest absolute Gasteiger partial charge is 0.459 e. The highest BCUT2D eigenvalue weighted by atomic mass is 35.5. The molecule has 4 aromatic rings. The number of hydrazone groups is 1. The van der Waals surface area contributed by atoms with Crippen LogP contribution in [0.5, 0.6) is 5.75 Å². The molecule has 0 fully saturated rings. The number of nitrogens with one attached hydrogen (secondary N) is 2. The number of nitrogens with zero attached hydrogens (tertiary/aromatic N) is 1. The van der Waals surface area contributed by atoms with Crippen LogP contribution >= 0.6 is 34.8 Å². The third-order valence-corrected chi connectivity index (χ3v) is 5.63. The number of carbonyl (C=O) groups excluding carboxylic acids is 3. The summed E-state index contributed by atoms with van der Waals surface area (Å²) in [6.45, 7) is 0. The fourth-order valence-electron chi connectivity index (χ4n) is 3.05. The van der Waals surface area contributed by atoms with Crippen LogP contribution in [0.15, 0.2) is 88.6 Å². The second-order valence-electron chi connectivity index (χ2n) is 7.40. The molecule has 2 amide bonds. The van der Waals surface area contributed by atoms with Crippen molar-refractivity contribution in [2.24, 2.45) is 5.10 Å². The molecule has 0 saturated carbocycles. The molecule has 0 spiro atoms. The molecule has 186 valence electrons. The lowest BCUT2D eigenvalue weighted by Gasteiger charge is -2.09. The summed E-state index contributed by atoms with van der Waals surface area (Å²) in [7, 11) is 0. The molecule has 0 saturated heterocycles. The minimum atomic E-state index is -0.707. The first-order chi connectivity index (χ1) is 17.8. The fraction of sp³-hybridized carbons (Fsp3) is 0. The SMILES string of the molecule is O=C(N/N=C/c1cc(Cl)ccc1OC(=O)c1ccc(Cl)cc1Cl)c1ccc(NC(=O)c2ccco2)cc1. The summed E-state index contributed by atoms with van der Waals surface area (Å²) in [6, 6.07) is 18.2. The van der Waals surface area contributed by atoms with Crippen molar-refractivity contribution in [3.05, 3.63) is 117 Å². The van der Waals surface area contributed by atoms with E-state index in [2.05, 4.69) is 15.8 Å². The summed E-state index contributed by atoms with van der Waals surface area (Å²) >= 11 is 18.0. The molecular formula is C26H16Cl3N3O5. The summed E-state index contributed by atoms with van der Waals surface area (Å²) in [4.78, 5) is 37.1. The first-order valence-corrected chi connectivity index (χ1v) is 11.7. The highest BCUT2D eigenvalue weighted by molar-refractivity contribution is 6.36. The highest BCUT2D eigenvalue weighted by Gasteiger charge is 2.15. The van der Waals surface area contributed by atoms with Gasteiger partial charge >= 0.3 is 5.97 Å². The Labute approximate surface area is 225 Å². The first-order valence-electron chi connectivity index (χ1n) is 10.6. The molecule has 11 heteroatoms. The summed E-state index contributed by atoms with van der Waals surface area (Å²) < 4.78 is 10.5. The predicted molar refractivity (Wildman–Crippen MR) is 141 cm³/mol. The average Bonchev–Trinajstić information content (AvgIpc) is 3.41. The Balaban J connectivity index is 1.40. The van der Waals surface area contributed by atoms with Crippen molar-refractivity contribution in [3.63, 3.8) is 0 Å². The van der Waals surface area contributed by atoms with E-state index in [1.165, 1.54) is 67.1 Å². The zero-order chi connectivity index (χ0) is 26.4. The Morgan fingerprint density at radius 2 is 1.59 bits per heavy atom. The minimum Gasteiger partial charge on any atom is -0.459 e. The van der Waals surface area contributed by atoms with Gasteiger partial charge in [-0.05, 0) is 72.8 Å². The Morgan fingerprint density at radius 3 is 2.30 bits per heavy atom. The molecule has 0 radical (unpaired) electrons. The van der Waals surface area contributed by atoms with Gasteiger partial charge in [-0.25, -0.2) is 10.2 Å². The van der Waals surface area contributed by atoms with E-state index in [1.807, 2.05) is 0 Å². The van der Waals surface area contributed by atoms with Crippen LogP contribution in [0.3, 0.4) is 0 Å². The van der Waals surface area contributed by atoms with Crippen molar-refractivity contribution >= 4 is 64.5 Å². The third kappa shape index (κ3) is 6.77. The molecule has 0 aliphatic heterocycles. The number of amides is 2. The topological polar surface area (TPSA) is 110 Å². The van der Waals surface area contributed by atoms with Gasteiger partial charge in [0.05, 0.1) is 23.1 Å². The van der Waals surface area contributed by atoms with Crippen LogP contribution in [0.25, 0.3) is 0 Å². The average molecular weight is 557 g/mol. The van der Waals surface area contributed by atoms with Crippen LogP contribution in [-0.2, 0) is 0 Å². The van der Waals surface area contributed by atoms with Crippen molar-refractivity contribution in [2.75, 3.05) is 5.32 Å². The van der Waals surface area contributed by atoms with Gasteiger partial charge in [0.2, 0.25) is 0 Å². The van der Waals surface area contributed by atoms with Gasteiger partial charge in [0.1, 0.15) is 5.75 Å². The van der Waals surface area contributed by atoms with Crippen molar-refractivity contribution in [3.8, 4) is 5.75 Å². The number of furan rings is 1. The van der Waals surface area contributed by atoms with Gasteiger partial charge in [0.15, 0.2) is 5.76 Å². The molecule has 0 aliphatic carbocycles. The molecule has 0 aliphatic rings. The van der Waals surface area contributed by atoms with Crippen LogP contribution in [0.2, 0.25) is 15.1 Å². The summed E-state index contributed by atoms with van der Waals surface area (Å²) in [6.07, 6.45) is 2.68. The minimum absolute atomic E-state index is 0.126. The lowest BCUT2D eigenvalue weighted by Crippen LogP contribution is -2.18.